The summed E-state index contributed by atoms with van der Waals surface area (Å²) in [7, 11) is -1.65. The van der Waals surface area contributed by atoms with E-state index in [1.54, 1.807) is 6.07 Å². The number of nitrogens with zero attached hydrogens (tertiary/aromatic N) is 3. The van der Waals surface area contributed by atoms with Crippen LogP contribution in [-0.2, 0) is 16.9 Å². The van der Waals surface area contributed by atoms with E-state index < -0.39 is 37.2 Å². The highest BCUT2D eigenvalue weighted by molar-refractivity contribution is 7.50. The van der Waals surface area contributed by atoms with E-state index in [1.165, 1.54) is 38.4 Å². The van der Waals surface area contributed by atoms with E-state index in [1.807, 2.05) is 0 Å². The number of hydrogen-bond acceptors (Lipinski definition) is 9. The number of carbonyl (C=O) groups excluding carboxylic acids is 1. The molecule has 226 valence electrons. The lowest BCUT2D eigenvalue weighted by molar-refractivity contribution is -0.137. The Labute approximate surface area is 238 Å². The zero-order valence-corrected chi connectivity index (χ0v) is 23.5. The summed E-state index contributed by atoms with van der Waals surface area (Å²) in [5.74, 6) is -1.36. The van der Waals surface area contributed by atoms with Crippen molar-refractivity contribution in [3.05, 3.63) is 59.0 Å². The Balaban J connectivity index is 1.68. The summed E-state index contributed by atoms with van der Waals surface area (Å²) >= 11 is 0. The van der Waals surface area contributed by atoms with Gasteiger partial charge in [-0.3, -0.25) is 9.36 Å². The minimum Gasteiger partial charge on any atom is -0.495 e. The molecule has 1 amide bonds. The Morgan fingerprint density at radius 2 is 1.76 bits per heavy atom. The third-order valence-corrected chi connectivity index (χ3v) is 7.50. The molecule has 2 heterocycles. The first-order chi connectivity index (χ1) is 19.8. The maximum Gasteiger partial charge on any atom is 0.421 e. The highest BCUT2D eigenvalue weighted by Crippen LogP contribution is 2.41. The summed E-state index contributed by atoms with van der Waals surface area (Å²) in [5.41, 5.74) is -0.212. The van der Waals surface area contributed by atoms with Crippen LogP contribution >= 0.6 is 7.60 Å². The summed E-state index contributed by atoms with van der Waals surface area (Å²) < 4.78 is 58.4. The molecule has 0 radical (unpaired) electrons. The van der Waals surface area contributed by atoms with Gasteiger partial charge >= 0.3 is 13.8 Å². The normalized spacial score (nSPS) is 17.4. The van der Waals surface area contributed by atoms with Crippen LogP contribution in [0, 0.1) is 0 Å². The molecule has 16 heteroatoms. The highest BCUT2D eigenvalue weighted by atomic mass is 31.2. The topological polar surface area (TPSA) is 179 Å². The van der Waals surface area contributed by atoms with E-state index in [0.29, 0.717) is 37.6 Å². The monoisotopic (exact) mass is 610 g/mol. The number of alkyl halides is 3. The van der Waals surface area contributed by atoms with Crippen LogP contribution in [0.4, 0.5) is 36.3 Å². The number of aliphatic hydroxyl groups is 1. The molecule has 0 saturated heterocycles. The summed E-state index contributed by atoms with van der Waals surface area (Å²) in [6, 6.07) is 7.32. The van der Waals surface area contributed by atoms with Gasteiger partial charge in [0.2, 0.25) is 5.95 Å². The van der Waals surface area contributed by atoms with Crippen molar-refractivity contribution in [2.75, 3.05) is 24.8 Å². The van der Waals surface area contributed by atoms with Crippen molar-refractivity contribution in [1.82, 2.24) is 20.3 Å². The number of aromatic nitrogens is 3. The number of carbonyl (C=O) groups is 1. The van der Waals surface area contributed by atoms with Crippen molar-refractivity contribution >= 4 is 36.6 Å². The molecule has 0 spiro atoms. The average molecular weight is 611 g/mol. The van der Waals surface area contributed by atoms with Crippen LogP contribution in [0.1, 0.15) is 58.9 Å². The van der Waals surface area contributed by atoms with Crippen molar-refractivity contribution < 1.29 is 42.2 Å². The van der Waals surface area contributed by atoms with Gasteiger partial charge in [0.15, 0.2) is 5.69 Å². The predicted molar refractivity (Wildman–Crippen MR) is 147 cm³/mol. The average Bonchev–Trinajstić information content (AvgIpc) is 2.92. The molecule has 2 aromatic heterocycles. The molecule has 1 aliphatic carbocycles. The van der Waals surface area contributed by atoms with Crippen molar-refractivity contribution in [2.24, 2.45) is 0 Å². The first kappa shape index (κ1) is 31.2. The molecule has 0 aliphatic heterocycles. The van der Waals surface area contributed by atoms with Crippen molar-refractivity contribution in [3.8, 4) is 5.75 Å². The molecule has 1 aliphatic rings. The first-order valence-electron chi connectivity index (χ1n) is 12.9. The Morgan fingerprint density at radius 1 is 1.07 bits per heavy atom. The van der Waals surface area contributed by atoms with Gasteiger partial charge in [0.1, 0.15) is 17.1 Å². The number of nitrogens with one attached hydrogen (secondary N) is 3. The van der Waals surface area contributed by atoms with Gasteiger partial charge in [0, 0.05) is 24.9 Å². The van der Waals surface area contributed by atoms with E-state index in [2.05, 4.69) is 30.9 Å². The second-order valence-corrected chi connectivity index (χ2v) is 11.4. The number of benzene rings is 1. The molecular formula is C26H30F3N6O6P. The molecule has 3 aromatic rings. The van der Waals surface area contributed by atoms with E-state index >= 15 is 0 Å². The van der Waals surface area contributed by atoms with Gasteiger partial charge in [0.25, 0.3) is 5.91 Å². The first-order valence-corrected chi connectivity index (χ1v) is 14.7. The van der Waals surface area contributed by atoms with Crippen LogP contribution in [0.25, 0.3) is 0 Å². The van der Waals surface area contributed by atoms with Crippen LogP contribution in [0.5, 0.6) is 5.75 Å². The molecule has 0 unspecified atom stereocenters. The predicted octanol–water partition coefficient (Wildman–Crippen LogP) is 4.44. The van der Waals surface area contributed by atoms with E-state index in [-0.39, 0.29) is 46.4 Å². The maximum absolute atomic E-state index is 13.9. The molecular weight excluding hydrogens is 580 g/mol. The number of halogens is 3. The number of rotatable bonds is 9. The van der Waals surface area contributed by atoms with Gasteiger partial charge < -0.3 is 35.6 Å². The lowest BCUT2D eigenvalue weighted by atomic mass is 9.85. The van der Waals surface area contributed by atoms with Crippen LogP contribution in [0.3, 0.4) is 0 Å². The lowest BCUT2D eigenvalue weighted by Gasteiger charge is -2.25. The molecule has 6 N–H and O–H groups in total. The van der Waals surface area contributed by atoms with Crippen LogP contribution in [0.15, 0.2) is 36.5 Å². The number of amides is 1. The smallest absolute Gasteiger partial charge is 0.421 e. The van der Waals surface area contributed by atoms with E-state index in [9.17, 15) is 37.4 Å². The molecule has 1 fully saturated rings. The number of hydrogen-bond donors (Lipinski definition) is 6. The van der Waals surface area contributed by atoms with Gasteiger partial charge in [-0.15, -0.1) is 0 Å². The van der Waals surface area contributed by atoms with Gasteiger partial charge in [-0.2, -0.15) is 18.2 Å². The fraction of sp³-hybridized carbons (Fsp3) is 0.385. The van der Waals surface area contributed by atoms with Crippen molar-refractivity contribution in [1.29, 1.82) is 0 Å². The quantitative estimate of drug-likeness (QED) is 0.189. The Hall–Kier alpha value is -3.78. The zero-order valence-electron chi connectivity index (χ0n) is 22.6. The standard InChI is InChI=1S/C26H30F3N6O6P/c1-30-24(37)22-20(10-9-18(32-22)15-4-6-16(36)7-5-15)33-23-17(26(27,28)29)12-31-25(35-23)34-19-8-3-14(11-21(19)41-2)13-42(38,39)40/h3,8-12,15-16,36H,4-7,13H2,1-2H3,(H,30,37)(H2,38,39,40)(H2,31,33,34,35). The molecule has 4 rings (SSSR count). The molecule has 0 bridgehead atoms. The fourth-order valence-electron chi connectivity index (χ4n) is 4.63. The Kier molecular flexibility index (Phi) is 9.36. The fourth-order valence-corrected chi connectivity index (χ4v) is 5.31. The largest absolute Gasteiger partial charge is 0.495 e. The second kappa shape index (κ2) is 12.6. The third-order valence-electron chi connectivity index (χ3n) is 6.72. The van der Waals surface area contributed by atoms with Gasteiger partial charge in [-0.1, -0.05) is 6.07 Å². The van der Waals surface area contributed by atoms with Gasteiger partial charge in [0.05, 0.1) is 30.8 Å². The number of anilines is 4. The summed E-state index contributed by atoms with van der Waals surface area (Å²) in [5, 5.41) is 17.6. The van der Waals surface area contributed by atoms with Gasteiger partial charge in [-0.05, 0) is 55.5 Å². The van der Waals surface area contributed by atoms with Crippen LogP contribution in [-0.4, -0.2) is 56.0 Å². The van der Waals surface area contributed by atoms with E-state index in [4.69, 9.17) is 4.74 Å². The Morgan fingerprint density at radius 3 is 2.38 bits per heavy atom. The number of ether oxygens (including phenoxy) is 1. The van der Waals surface area contributed by atoms with Crippen LogP contribution in [0.2, 0.25) is 0 Å². The number of aliphatic hydroxyl groups excluding tert-OH is 1. The van der Waals surface area contributed by atoms with E-state index in [0.717, 1.165) is 0 Å². The summed E-state index contributed by atoms with van der Waals surface area (Å²) in [6.07, 6.45) is -2.67. The van der Waals surface area contributed by atoms with Crippen LogP contribution < -0.4 is 20.7 Å². The summed E-state index contributed by atoms with van der Waals surface area (Å²) in [6.45, 7) is 0. The third kappa shape index (κ3) is 7.73. The minimum absolute atomic E-state index is 0.00509. The maximum atomic E-state index is 13.9. The molecule has 42 heavy (non-hydrogen) atoms. The second-order valence-electron chi connectivity index (χ2n) is 9.78. The van der Waals surface area contributed by atoms with Crippen molar-refractivity contribution in [2.45, 2.75) is 50.0 Å². The SMILES string of the molecule is CNC(=O)c1nc(C2CCC(O)CC2)ccc1Nc1nc(Nc2ccc(CP(=O)(O)O)cc2OC)ncc1C(F)(F)F. The summed E-state index contributed by atoms with van der Waals surface area (Å²) in [4.78, 5) is 43.4. The molecule has 0 atom stereocenters. The molecule has 1 aromatic carbocycles. The van der Waals surface area contributed by atoms with Crippen molar-refractivity contribution in [3.63, 3.8) is 0 Å². The minimum atomic E-state index is -4.84. The lowest BCUT2D eigenvalue weighted by Crippen LogP contribution is -2.23. The Bertz CT molecular complexity index is 1490. The number of methoxy groups -OCH3 is 1. The molecule has 12 nitrogen and oxygen atoms in total. The molecule has 1 saturated carbocycles. The van der Waals surface area contributed by atoms with Gasteiger partial charge in [-0.25, -0.2) is 9.97 Å². The highest BCUT2D eigenvalue weighted by Gasteiger charge is 2.36. The zero-order chi connectivity index (χ0) is 30.7. The number of pyridine rings is 1.